The van der Waals surface area contributed by atoms with Crippen LogP contribution >= 0.6 is 0 Å². The van der Waals surface area contributed by atoms with E-state index >= 15 is 0 Å². The third-order valence-electron chi connectivity index (χ3n) is 3.17. The molecule has 78 valence electrons. The number of hydrogen-bond acceptors (Lipinski definition) is 3. The van der Waals surface area contributed by atoms with E-state index in [2.05, 4.69) is 6.07 Å². The van der Waals surface area contributed by atoms with Gasteiger partial charge in [0, 0.05) is 19.1 Å². The smallest absolute Gasteiger partial charge is 0.158 e. The molecule has 0 aromatic carbocycles. The third kappa shape index (κ3) is 1.67. The number of carbonyl (C=O) groups is 1. The van der Waals surface area contributed by atoms with Crippen molar-refractivity contribution in [1.29, 1.82) is 5.26 Å². The molecule has 1 aliphatic rings. The molecular weight excluding hydrogens is 178 g/mol. The first-order valence-electron chi connectivity index (χ1n) is 4.94. The zero-order valence-electron chi connectivity index (χ0n) is 9.09. The Balaban J connectivity index is 2.84. The van der Waals surface area contributed by atoms with Gasteiger partial charge in [0.05, 0.1) is 6.07 Å². The Bertz CT molecular complexity index is 278. The van der Waals surface area contributed by atoms with Crippen molar-refractivity contribution in [2.45, 2.75) is 33.1 Å². The average molecular weight is 195 g/mol. The quantitative estimate of drug-likeness (QED) is 0.691. The lowest BCUT2D eigenvalue weighted by molar-refractivity contribution is -0.130. The summed E-state index contributed by atoms with van der Waals surface area (Å²) in [5.74, 6) is 0.0875. The van der Waals surface area contributed by atoms with Gasteiger partial charge in [-0.15, -0.1) is 0 Å². The molecule has 0 amide bonds. The van der Waals surface area contributed by atoms with Crippen molar-refractivity contribution in [3.63, 3.8) is 0 Å². The number of nitriles is 1. The number of Topliss-reactive ketones (excluding diaryl/α,β-unsaturated/α-hetero) is 1. The molecule has 1 saturated carbocycles. The van der Waals surface area contributed by atoms with E-state index in [0.29, 0.717) is 19.4 Å². The fraction of sp³-hybridized carbons (Fsp3) is 0.818. The number of ketones is 1. The molecule has 0 spiro atoms. The highest BCUT2D eigenvalue weighted by Gasteiger charge is 2.51. The molecule has 1 aliphatic carbocycles. The van der Waals surface area contributed by atoms with Gasteiger partial charge in [-0.2, -0.15) is 5.26 Å². The Labute approximate surface area is 85.1 Å². The van der Waals surface area contributed by atoms with Crippen LogP contribution in [0.5, 0.6) is 0 Å². The molecule has 1 fully saturated rings. The van der Waals surface area contributed by atoms with Gasteiger partial charge in [0.25, 0.3) is 0 Å². The summed E-state index contributed by atoms with van der Waals surface area (Å²) in [6, 6.07) is 2.19. The average Bonchev–Trinajstić information content (AvgIpc) is 2.39. The van der Waals surface area contributed by atoms with E-state index in [1.165, 1.54) is 0 Å². The van der Waals surface area contributed by atoms with Crippen LogP contribution in [-0.4, -0.2) is 19.5 Å². The Kier molecular flexibility index (Phi) is 2.96. The van der Waals surface area contributed by atoms with Crippen LogP contribution in [0.4, 0.5) is 0 Å². The van der Waals surface area contributed by atoms with Crippen LogP contribution in [0, 0.1) is 22.2 Å². The van der Waals surface area contributed by atoms with Gasteiger partial charge in [-0.1, -0.05) is 13.8 Å². The van der Waals surface area contributed by atoms with E-state index in [4.69, 9.17) is 10.00 Å². The number of carbonyl (C=O) groups excluding carboxylic acids is 1. The van der Waals surface area contributed by atoms with E-state index in [1.54, 1.807) is 7.11 Å². The van der Waals surface area contributed by atoms with E-state index < -0.39 is 5.41 Å². The summed E-state index contributed by atoms with van der Waals surface area (Å²) in [5.41, 5.74) is -1.11. The van der Waals surface area contributed by atoms with Crippen LogP contribution in [0.25, 0.3) is 0 Å². The molecule has 1 rings (SSSR count). The Morgan fingerprint density at radius 1 is 1.50 bits per heavy atom. The van der Waals surface area contributed by atoms with Crippen molar-refractivity contribution in [3.8, 4) is 6.07 Å². The molecule has 0 radical (unpaired) electrons. The lowest BCUT2D eigenvalue weighted by atomic mass is 9.79. The standard InChI is InChI=1S/C11H17NO2/c1-10(2)4-5-11(8-12,9(10)13)6-7-14-3/h4-7H2,1-3H3. The summed E-state index contributed by atoms with van der Waals surface area (Å²) in [7, 11) is 1.59. The van der Waals surface area contributed by atoms with Crippen LogP contribution in [0.1, 0.15) is 33.1 Å². The molecule has 0 aromatic rings. The Morgan fingerprint density at radius 3 is 2.50 bits per heavy atom. The first-order chi connectivity index (χ1) is 6.48. The molecule has 14 heavy (non-hydrogen) atoms. The van der Waals surface area contributed by atoms with Crippen molar-refractivity contribution in [2.75, 3.05) is 13.7 Å². The van der Waals surface area contributed by atoms with Gasteiger partial charge in [-0.25, -0.2) is 0 Å². The maximum Gasteiger partial charge on any atom is 0.158 e. The van der Waals surface area contributed by atoms with E-state index in [1.807, 2.05) is 13.8 Å². The molecule has 0 saturated heterocycles. The second kappa shape index (κ2) is 3.70. The predicted octanol–water partition coefficient (Wildman–Crippen LogP) is 1.92. The largest absolute Gasteiger partial charge is 0.385 e. The molecule has 0 heterocycles. The zero-order valence-corrected chi connectivity index (χ0v) is 9.09. The second-order valence-corrected chi connectivity index (χ2v) is 4.65. The normalized spacial score (nSPS) is 30.3. The van der Waals surface area contributed by atoms with Gasteiger partial charge in [-0.3, -0.25) is 4.79 Å². The number of hydrogen-bond donors (Lipinski definition) is 0. The lowest BCUT2D eigenvalue weighted by Gasteiger charge is -2.21. The highest BCUT2D eigenvalue weighted by Crippen LogP contribution is 2.47. The van der Waals surface area contributed by atoms with Crippen LogP contribution in [0.3, 0.4) is 0 Å². The molecule has 0 bridgehead atoms. The van der Waals surface area contributed by atoms with Gasteiger partial charge in [-0.05, 0) is 19.3 Å². The molecule has 0 N–H and O–H groups in total. The van der Waals surface area contributed by atoms with Gasteiger partial charge >= 0.3 is 0 Å². The summed E-state index contributed by atoms with van der Waals surface area (Å²) >= 11 is 0. The fourth-order valence-corrected chi connectivity index (χ4v) is 2.08. The first kappa shape index (κ1) is 11.2. The van der Waals surface area contributed by atoms with Crippen molar-refractivity contribution in [2.24, 2.45) is 10.8 Å². The number of nitrogens with zero attached hydrogens (tertiary/aromatic N) is 1. The monoisotopic (exact) mass is 195 g/mol. The van der Waals surface area contributed by atoms with E-state index in [9.17, 15) is 4.79 Å². The van der Waals surface area contributed by atoms with Gasteiger partial charge in [0.15, 0.2) is 5.78 Å². The van der Waals surface area contributed by atoms with Crippen LogP contribution in [0.2, 0.25) is 0 Å². The van der Waals surface area contributed by atoms with Gasteiger partial charge < -0.3 is 4.74 Å². The number of rotatable bonds is 3. The highest BCUT2D eigenvalue weighted by atomic mass is 16.5. The minimum Gasteiger partial charge on any atom is -0.385 e. The van der Waals surface area contributed by atoms with Crippen molar-refractivity contribution in [3.05, 3.63) is 0 Å². The molecule has 1 atom stereocenters. The molecular formula is C11H17NO2. The second-order valence-electron chi connectivity index (χ2n) is 4.65. The molecule has 3 nitrogen and oxygen atoms in total. The SMILES string of the molecule is COCCC1(C#N)CCC(C)(C)C1=O. The molecule has 3 heteroatoms. The minimum atomic E-state index is -0.778. The summed E-state index contributed by atoms with van der Waals surface area (Å²) in [4.78, 5) is 12.0. The van der Waals surface area contributed by atoms with Crippen LogP contribution < -0.4 is 0 Å². The Morgan fingerprint density at radius 2 is 2.14 bits per heavy atom. The maximum atomic E-state index is 12.0. The summed E-state index contributed by atoms with van der Waals surface area (Å²) in [6.45, 7) is 4.32. The van der Waals surface area contributed by atoms with Crippen LogP contribution in [-0.2, 0) is 9.53 Å². The summed E-state index contributed by atoms with van der Waals surface area (Å²) in [5, 5.41) is 9.12. The topological polar surface area (TPSA) is 50.1 Å². The summed E-state index contributed by atoms with van der Waals surface area (Å²) in [6.07, 6.45) is 2.02. The molecule has 0 aliphatic heterocycles. The zero-order chi connectivity index (χ0) is 10.8. The lowest BCUT2D eigenvalue weighted by Crippen LogP contribution is -2.32. The number of methoxy groups -OCH3 is 1. The minimum absolute atomic E-state index is 0.0875. The fourth-order valence-electron chi connectivity index (χ4n) is 2.08. The van der Waals surface area contributed by atoms with Crippen molar-refractivity contribution >= 4 is 5.78 Å². The molecule has 1 unspecified atom stereocenters. The van der Waals surface area contributed by atoms with E-state index in [0.717, 1.165) is 6.42 Å². The van der Waals surface area contributed by atoms with E-state index in [-0.39, 0.29) is 11.2 Å². The van der Waals surface area contributed by atoms with Crippen LogP contribution in [0.15, 0.2) is 0 Å². The third-order valence-corrected chi connectivity index (χ3v) is 3.17. The van der Waals surface area contributed by atoms with Gasteiger partial charge in [0.2, 0.25) is 0 Å². The first-order valence-corrected chi connectivity index (χ1v) is 4.94. The van der Waals surface area contributed by atoms with Crippen molar-refractivity contribution in [1.82, 2.24) is 0 Å². The van der Waals surface area contributed by atoms with Crippen molar-refractivity contribution < 1.29 is 9.53 Å². The summed E-state index contributed by atoms with van der Waals surface area (Å²) < 4.78 is 4.94. The highest BCUT2D eigenvalue weighted by molar-refractivity contribution is 5.94. The van der Waals surface area contributed by atoms with Gasteiger partial charge in [0.1, 0.15) is 5.41 Å². The maximum absolute atomic E-state index is 12.0. The predicted molar refractivity (Wildman–Crippen MR) is 52.6 cm³/mol. The Hall–Kier alpha value is -0.880. The number of ether oxygens (including phenoxy) is 1. The molecule has 0 aromatic heterocycles.